The van der Waals surface area contributed by atoms with Gasteiger partial charge in [0.15, 0.2) is 0 Å². The maximum Gasteiger partial charge on any atom is 0.230 e. The molecule has 0 aliphatic carbocycles. The summed E-state index contributed by atoms with van der Waals surface area (Å²) in [7, 11) is 0. The van der Waals surface area contributed by atoms with Gasteiger partial charge in [0.25, 0.3) is 0 Å². The lowest BCUT2D eigenvalue weighted by molar-refractivity contribution is -0.117. The zero-order chi connectivity index (χ0) is 13.0. The van der Waals surface area contributed by atoms with Gasteiger partial charge in [-0.25, -0.2) is 4.98 Å². The molecule has 2 rings (SSSR count). The van der Waals surface area contributed by atoms with E-state index in [-0.39, 0.29) is 11.2 Å². The Morgan fingerprint density at radius 2 is 2.39 bits per heavy atom. The fourth-order valence-electron chi connectivity index (χ4n) is 1.80. The highest BCUT2D eigenvalue weighted by molar-refractivity contribution is 8.00. The first-order valence-electron chi connectivity index (χ1n) is 6.10. The van der Waals surface area contributed by atoms with Crippen molar-refractivity contribution in [1.82, 2.24) is 9.97 Å². The van der Waals surface area contributed by atoms with Gasteiger partial charge in [0.1, 0.15) is 0 Å². The molecule has 0 aliphatic rings. The number of hydrogen-bond acceptors (Lipinski definition) is 3. The van der Waals surface area contributed by atoms with Gasteiger partial charge >= 0.3 is 0 Å². The van der Waals surface area contributed by atoms with E-state index in [0.29, 0.717) is 0 Å². The van der Waals surface area contributed by atoms with Crippen molar-refractivity contribution >= 4 is 28.7 Å². The summed E-state index contributed by atoms with van der Waals surface area (Å²) in [6.07, 6.45) is 4.59. The number of primary amides is 1. The van der Waals surface area contributed by atoms with E-state index in [1.807, 2.05) is 18.2 Å². The molecule has 0 radical (unpaired) electrons. The quantitative estimate of drug-likeness (QED) is 0.787. The van der Waals surface area contributed by atoms with E-state index in [4.69, 9.17) is 5.73 Å². The Morgan fingerprint density at radius 1 is 1.56 bits per heavy atom. The van der Waals surface area contributed by atoms with Crippen LogP contribution in [0.5, 0.6) is 0 Å². The molecular weight excluding hydrogens is 246 g/mol. The molecule has 0 fully saturated rings. The number of unbranched alkanes of at least 4 members (excludes halogenated alkanes) is 1. The Hall–Kier alpha value is -1.49. The second-order valence-electron chi connectivity index (χ2n) is 4.23. The van der Waals surface area contributed by atoms with E-state index in [1.54, 1.807) is 6.33 Å². The normalized spacial score (nSPS) is 12.7. The molecule has 1 heterocycles. The highest BCUT2D eigenvalue weighted by atomic mass is 32.2. The van der Waals surface area contributed by atoms with Gasteiger partial charge in [-0.3, -0.25) is 4.79 Å². The SMILES string of the molecule is CCCCC(Sc1ccc2nc[nH]c2c1)C(N)=O. The number of nitrogens with one attached hydrogen (secondary N) is 1. The Kier molecular flexibility index (Phi) is 4.25. The Balaban J connectivity index is 2.11. The zero-order valence-electron chi connectivity index (χ0n) is 10.3. The molecule has 0 aliphatic heterocycles. The van der Waals surface area contributed by atoms with E-state index in [1.165, 1.54) is 11.8 Å². The summed E-state index contributed by atoms with van der Waals surface area (Å²) >= 11 is 1.53. The van der Waals surface area contributed by atoms with E-state index in [2.05, 4.69) is 16.9 Å². The minimum absolute atomic E-state index is 0.148. The van der Waals surface area contributed by atoms with Crippen LogP contribution in [0.4, 0.5) is 0 Å². The molecule has 4 nitrogen and oxygen atoms in total. The molecule has 0 saturated carbocycles. The molecule has 3 N–H and O–H groups in total. The van der Waals surface area contributed by atoms with Crippen molar-refractivity contribution in [2.45, 2.75) is 36.3 Å². The lowest BCUT2D eigenvalue weighted by Gasteiger charge is -2.12. The van der Waals surface area contributed by atoms with Gasteiger partial charge in [0, 0.05) is 4.90 Å². The van der Waals surface area contributed by atoms with Crippen molar-refractivity contribution in [3.05, 3.63) is 24.5 Å². The molecule has 0 bridgehead atoms. The zero-order valence-corrected chi connectivity index (χ0v) is 11.2. The average Bonchev–Trinajstić information content (AvgIpc) is 2.81. The number of aromatic nitrogens is 2. The minimum Gasteiger partial charge on any atom is -0.369 e. The maximum absolute atomic E-state index is 11.4. The first kappa shape index (κ1) is 13.0. The predicted molar refractivity (Wildman–Crippen MR) is 74.5 cm³/mol. The van der Waals surface area contributed by atoms with Gasteiger partial charge in [-0.15, -0.1) is 11.8 Å². The molecule has 0 saturated heterocycles. The Bertz CT molecular complexity index is 538. The highest BCUT2D eigenvalue weighted by Gasteiger charge is 2.16. The number of carbonyl (C=O) groups excluding carboxylic acids is 1. The van der Waals surface area contributed by atoms with Crippen molar-refractivity contribution in [2.75, 3.05) is 0 Å². The number of nitrogens with zero attached hydrogens (tertiary/aromatic N) is 1. The smallest absolute Gasteiger partial charge is 0.230 e. The van der Waals surface area contributed by atoms with Gasteiger partial charge in [-0.2, -0.15) is 0 Å². The monoisotopic (exact) mass is 263 g/mol. The molecule has 1 aromatic heterocycles. The lowest BCUT2D eigenvalue weighted by atomic mass is 10.2. The molecule has 1 amide bonds. The van der Waals surface area contributed by atoms with E-state index < -0.39 is 0 Å². The summed E-state index contributed by atoms with van der Waals surface area (Å²) in [6, 6.07) is 5.94. The number of H-pyrrole nitrogens is 1. The summed E-state index contributed by atoms with van der Waals surface area (Å²) in [5, 5.41) is -0.148. The van der Waals surface area contributed by atoms with Crippen LogP contribution in [0.3, 0.4) is 0 Å². The Morgan fingerprint density at radius 3 is 3.11 bits per heavy atom. The first-order valence-corrected chi connectivity index (χ1v) is 6.97. The van der Waals surface area contributed by atoms with Gasteiger partial charge < -0.3 is 10.7 Å². The second-order valence-corrected chi connectivity index (χ2v) is 5.51. The number of thioether (sulfide) groups is 1. The fourth-order valence-corrected chi connectivity index (χ4v) is 2.86. The summed E-state index contributed by atoms with van der Waals surface area (Å²) in [6.45, 7) is 2.11. The number of amides is 1. The first-order chi connectivity index (χ1) is 8.70. The van der Waals surface area contributed by atoms with Gasteiger partial charge in [-0.1, -0.05) is 19.8 Å². The number of fused-ring (bicyclic) bond motifs is 1. The lowest BCUT2D eigenvalue weighted by Crippen LogP contribution is -2.25. The summed E-state index contributed by atoms with van der Waals surface area (Å²) in [4.78, 5) is 19.7. The minimum atomic E-state index is -0.238. The molecule has 96 valence electrons. The van der Waals surface area contributed by atoms with Crippen LogP contribution in [-0.2, 0) is 4.79 Å². The van der Waals surface area contributed by atoms with E-state index >= 15 is 0 Å². The predicted octanol–water partition coefficient (Wildman–Crippen LogP) is 2.70. The van der Waals surface area contributed by atoms with Gasteiger partial charge in [0.05, 0.1) is 22.6 Å². The number of imidazole rings is 1. The van der Waals surface area contributed by atoms with Crippen LogP contribution in [0.1, 0.15) is 26.2 Å². The molecule has 1 atom stereocenters. The van der Waals surface area contributed by atoms with Crippen molar-refractivity contribution in [3.63, 3.8) is 0 Å². The fraction of sp³-hybridized carbons (Fsp3) is 0.385. The number of benzene rings is 1. The summed E-state index contributed by atoms with van der Waals surface area (Å²) in [5.74, 6) is -0.238. The maximum atomic E-state index is 11.4. The van der Waals surface area contributed by atoms with Crippen molar-refractivity contribution in [1.29, 1.82) is 0 Å². The van der Waals surface area contributed by atoms with Crippen LogP contribution in [0.25, 0.3) is 11.0 Å². The number of nitrogens with two attached hydrogens (primary N) is 1. The number of rotatable bonds is 6. The largest absolute Gasteiger partial charge is 0.369 e. The molecule has 5 heteroatoms. The van der Waals surface area contributed by atoms with Crippen molar-refractivity contribution in [3.8, 4) is 0 Å². The molecule has 2 aromatic rings. The van der Waals surface area contributed by atoms with Crippen LogP contribution in [0, 0.1) is 0 Å². The molecular formula is C13H17N3OS. The molecule has 0 spiro atoms. The molecule has 18 heavy (non-hydrogen) atoms. The number of carbonyl (C=O) groups is 1. The summed E-state index contributed by atoms with van der Waals surface area (Å²) in [5.41, 5.74) is 7.36. The van der Waals surface area contributed by atoms with Crippen LogP contribution in [-0.4, -0.2) is 21.1 Å². The van der Waals surface area contributed by atoms with E-state index in [9.17, 15) is 4.79 Å². The van der Waals surface area contributed by atoms with Crippen LogP contribution >= 0.6 is 11.8 Å². The van der Waals surface area contributed by atoms with Crippen LogP contribution in [0.15, 0.2) is 29.4 Å². The molecule has 1 unspecified atom stereocenters. The topological polar surface area (TPSA) is 71.8 Å². The standard InChI is InChI=1S/C13H17N3OS/c1-2-3-4-12(13(14)17)18-9-5-6-10-11(7-9)16-8-15-10/h5-8,12H,2-4H2,1H3,(H2,14,17)(H,15,16). The second kappa shape index (κ2) is 5.91. The Labute approximate surface area is 110 Å². The number of hydrogen-bond donors (Lipinski definition) is 2. The van der Waals surface area contributed by atoms with E-state index in [0.717, 1.165) is 35.2 Å². The third kappa shape index (κ3) is 3.04. The van der Waals surface area contributed by atoms with Crippen molar-refractivity contribution < 1.29 is 4.79 Å². The third-order valence-electron chi connectivity index (χ3n) is 2.81. The molecule has 1 aromatic carbocycles. The van der Waals surface area contributed by atoms with Crippen LogP contribution in [0.2, 0.25) is 0 Å². The number of aromatic amines is 1. The van der Waals surface area contributed by atoms with Gasteiger partial charge in [-0.05, 0) is 24.6 Å². The summed E-state index contributed by atoms with van der Waals surface area (Å²) < 4.78 is 0. The third-order valence-corrected chi connectivity index (χ3v) is 4.09. The van der Waals surface area contributed by atoms with Crippen molar-refractivity contribution in [2.24, 2.45) is 5.73 Å². The van der Waals surface area contributed by atoms with Crippen LogP contribution < -0.4 is 5.73 Å². The average molecular weight is 263 g/mol. The highest BCUT2D eigenvalue weighted by Crippen LogP contribution is 2.28. The van der Waals surface area contributed by atoms with Gasteiger partial charge in [0.2, 0.25) is 5.91 Å².